The molecule has 0 saturated carbocycles. The van der Waals surface area contributed by atoms with Gasteiger partial charge in [0.15, 0.2) is 16.6 Å². The maximum absolute atomic E-state index is 12.4. The van der Waals surface area contributed by atoms with Crippen molar-refractivity contribution in [2.75, 3.05) is 5.32 Å². The minimum Gasteiger partial charge on any atom is -0.326 e. The van der Waals surface area contributed by atoms with E-state index in [-0.39, 0.29) is 35.9 Å². The molecule has 10 nitrogen and oxygen atoms in total. The molecule has 3 heterocycles. The van der Waals surface area contributed by atoms with Crippen LogP contribution in [0.5, 0.6) is 0 Å². The molecule has 3 N–H and O–H groups in total. The molecule has 6 aromatic rings. The molecule has 11 heteroatoms. The van der Waals surface area contributed by atoms with Crippen LogP contribution in [0.15, 0.2) is 85.7 Å². The van der Waals surface area contributed by atoms with Gasteiger partial charge < -0.3 is 15.6 Å². The number of fused-ring (bicyclic) bond motifs is 6. The fourth-order valence-corrected chi connectivity index (χ4v) is 7.16. The number of carbonyl (C=O) groups excluding carboxylic acids is 3. The van der Waals surface area contributed by atoms with E-state index >= 15 is 0 Å². The van der Waals surface area contributed by atoms with Crippen LogP contribution >= 0.6 is 11.3 Å². The zero-order valence-corrected chi connectivity index (χ0v) is 27.1. The molecule has 2 unspecified atom stereocenters. The minimum atomic E-state index is -0.193. The zero-order chi connectivity index (χ0) is 33.4. The molecule has 2 atom stereocenters. The lowest BCUT2D eigenvalue weighted by molar-refractivity contribution is -0.122. The molecule has 238 valence electrons. The first-order chi connectivity index (χ1) is 23.3. The lowest BCUT2D eigenvalue weighted by atomic mass is 9.79. The molecule has 0 bridgehead atoms. The summed E-state index contributed by atoms with van der Waals surface area (Å²) in [4.78, 5) is 54.4. The van der Waals surface area contributed by atoms with Crippen LogP contribution in [0.2, 0.25) is 0 Å². The molecular weight excluding hydrogens is 623 g/mol. The van der Waals surface area contributed by atoms with Crippen molar-refractivity contribution >= 4 is 57.3 Å². The molecule has 48 heavy (non-hydrogen) atoms. The van der Waals surface area contributed by atoms with Crippen molar-refractivity contribution in [2.24, 2.45) is 11.7 Å². The van der Waals surface area contributed by atoms with Crippen LogP contribution in [0.25, 0.3) is 44.9 Å². The summed E-state index contributed by atoms with van der Waals surface area (Å²) in [6.07, 6.45) is 10.1. The summed E-state index contributed by atoms with van der Waals surface area (Å²) in [6.45, 7) is 4.44. The number of thiazole rings is 1. The minimum absolute atomic E-state index is 0.0436. The van der Waals surface area contributed by atoms with Gasteiger partial charge in [0.05, 0.1) is 17.4 Å². The molecule has 2 aliphatic rings. The molecule has 0 saturated heterocycles. The topological polar surface area (TPSA) is 146 Å². The first-order valence-electron chi connectivity index (χ1n) is 15.5. The van der Waals surface area contributed by atoms with Gasteiger partial charge >= 0.3 is 0 Å². The van der Waals surface area contributed by atoms with E-state index in [2.05, 4.69) is 25.3 Å². The third-order valence-corrected chi connectivity index (χ3v) is 9.65. The van der Waals surface area contributed by atoms with E-state index in [1.807, 2.05) is 80.6 Å². The first-order valence-corrected chi connectivity index (χ1v) is 16.3. The lowest BCUT2D eigenvalue weighted by Crippen LogP contribution is -2.40. The Bertz CT molecular complexity index is 2360. The number of ketones is 2. The number of Topliss-reactive ketones (excluding diaryl/α,β-unsaturated/α-hetero) is 2. The van der Waals surface area contributed by atoms with E-state index in [4.69, 9.17) is 5.73 Å². The highest BCUT2D eigenvalue weighted by atomic mass is 32.1. The summed E-state index contributed by atoms with van der Waals surface area (Å²) in [6, 6.07) is 19.7. The Hall–Kier alpha value is -5.65. The largest absolute Gasteiger partial charge is 0.326 e. The standard InChI is InChI=1S/C20H16O2.C17H15N7OS/c1-11-9-17-13(12(2)20(11)22)7-8-15-14-5-3-4-6-16(14)19(21)10-18(15)17;18-5-11-3-1-2-4-12(11)14-7-20-17(26-14)23-15(25)8-24-10-22-16-13(24)6-19-9-21-16/h3-12H,1-2H3;1-4,6-7,9-10H,5,8,18H2,(H,20,23,25). The van der Waals surface area contributed by atoms with Crippen molar-refractivity contribution < 1.29 is 14.4 Å². The number of hydrogen-bond acceptors (Lipinski definition) is 9. The number of nitrogens with zero attached hydrogens (tertiary/aromatic N) is 5. The van der Waals surface area contributed by atoms with Crippen LogP contribution < -0.4 is 21.5 Å². The Kier molecular flexibility index (Phi) is 8.30. The van der Waals surface area contributed by atoms with E-state index in [1.165, 1.54) is 17.7 Å². The number of amides is 1. The molecule has 2 aliphatic carbocycles. The van der Waals surface area contributed by atoms with Gasteiger partial charge in [0.1, 0.15) is 24.2 Å². The second kappa shape index (κ2) is 12.9. The van der Waals surface area contributed by atoms with Crippen LogP contribution in [0.4, 0.5) is 5.13 Å². The fourth-order valence-electron chi connectivity index (χ4n) is 6.27. The Morgan fingerprint density at radius 3 is 2.48 bits per heavy atom. The van der Waals surface area contributed by atoms with E-state index < -0.39 is 0 Å². The van der Waals surface area contributed by atoms with E-state index in [9.17, 15) is 14.4 Å². The monoisotopic (exact) mass is 653 g/mol. The van der Waals surface area contributed by atoms with E-state index in [1.54, 1.807) is 29.4 Å². The van der Waals surface area contributed by atoms with Crippen molar-refractivity contribution in [1.29, 1.82) is 0 Å². The average Bonchev–Trinajstić information content (AvgIpc) is 3.75. The molecule has 0 aliphatic heterocycles. The van der Waals surface area contributed by atoms with Gasteiger partial charge in [-0.1, -0.05) is 91.9 Å². The van der Waals surface area contributed by atoms with Crippen LogP contribution in [-0.2, 0) is 22.7 Å². The van der Waals surface area contributed by atoms with Crippen molar-refractivity contribution in [1.82, 2.24) is 24.5 Å². The normalized spacial score (nSPS) is 16.1. The molecular formula is C37H31N7O3S. The van der Waals surface area contributed by atoms with Crippen molar-refractivity contribution in [3.05, 3.63) is 113 Å². The highest BCUT2D eigenvalue weighted by molar-refractivity contribution is 7.19. The SMILES string of the molecule is CC1C=c2c(ccc3c2=CC(=O)c2ccccc2-3)C(C)C1=O.NCc1ccccc1-c1cnc(NC(=O)Cn2cnc3ncncc32)s1. The zero-order valence-electron chi connectivity index (χ0n) is 26.3. The number of anilines is 1. The molecule has 3 aromatic heterocycles. The van der Waals surface area contributed by atoms with Crippen molar-refractivity contribution in [2.45, 2.75) is 32.9 Å². The Morgan fingerprint density at radius 1 is 0.896 bits per heavy atom. The molecule has 0 fully saturated rings. The number of imidazole rings is 1. The summed E-state index contributed by atoms with van der Waals surface area (Å²) >= 11 is 1.41. The smallest absolute Gasteiger partial charge is 0.246 e. The maximum Gasteiger partial charge on any atom is 0.246 e. The van der Waals surface area contributed by atoms with E-state index in [0.29, 0.717) is 22.8 Å². The van der Waals surface area contributed by atoms with Gasteiger partial charge in [-0.15, -0.1) is 0 Å². The second-order valence-corrected chi connectivity index (χ2v) is 12.7. The quantitative estimate of drug-likeness (QED) is 0.277. The number of rotatable bonds is 5. The highest BCUT2D eigenvalue weighted by Gasteiger charge is 2.27. The summed E-state index contributed by atoms with van der Waals surface area (Å²) in [7, 11) is 0. The van der Waals surface area contributed by atoms with Gasteiger partial charge in [0.25, 0.3) is 0 Å². The molecule has 8 rings (SSSR count). The maximum atomic E-state index is 12.4. The van der Waals surface area contributed by atoms with E-state index in [0.717, 1.165) is 48.7 Å². The molecule has 3 aromatic carbocycles. The second-order valence-electron chi connectivity index (χ2n) is 11.7. The Morgan fingerprint density at radius 2 is 1.67 bits per heavy atom. The predicted molar refractivity (Wildman–Crippen MR) is 186 cm³/mol. The van der Waals surface area contributed by atoms with Gasteiger partial charge in [-0.3, -0.25) is 14.4 Å². The molecule has 0 spiro atoms. The van der Waals surface area contributed by atoms with Crippen LogP contribution in [0.3, 0.4) is 0 Å². The summed E-state index contributed by atoms with van der Waals surface area (Å²) in [5, 5.41) is 5.38. The summed E-state index contributed by atoms with van der Waals surface area (Å²) < 4.78 is 1.70. The molecule has 1 amide bonds. The average molecular weight is 654 g/mol. The highest BCUT2D eigenvalue weighted by Crippen LogP contribution is 2.31. The van der Waals surface area contributed by atoms with Gasteiger partial charge in [0, 0.05) is 30.1 Å². The molecule has 0 radical (unpaired) electrons. The summed E-state index contributed by atoms with van der Waals surface area (Å²) in [5.41, 5.74) is 13.0. The van der Waals surface area contributed by atoms with Crippen LogP contribution in [-0.4, -0.2) is 42.0 Å². The number of carbonyl (C=O) groups is 3. The number of aromatic nitrogens is 5. The Labute approximate surface area is 279 Å². The van der Waals surface area contributed by atoms with Crippen molar-refractivity contribution in [3.63, 3.8) is 0 Å². The summed E-state index contributed by atoms with van der Waals surface area (Å²) in [5.74, 6) is -0.117. The number of hydrogen-bond donors (Lipinski definition) is 2. The van der Waals surface area contributed by atoms with Crippen LogP contribution in [0, 0.1) is 5.92 Å². The van der Waals surface area contributed by atoms with Crippen LogP contribution in [0.1, 0.15) is 41.3 Å². The predicted octanol–water partition coefficient (Wildman–Crippen LogP) is 4.48. The third-order valence-electron chi connectivity index (χ3n) is 8.71. The number of nitrogens with two attached hydrogens (primary N) is 1. The van der Waals surface area contributed by atoms with Gasteiger partial charge in [-0.25, -0.2) is 19.9 Å². The van der Waals surface area contributed by atoms with Crippen molar-refractivity contribution in [3.8, 4) is 21.6 Å². The number of nitrogens with one attached hydrogen (secondary N) is 1. The van der Waals surface area contributed by atoms with Gasteiger partial charge in [0.2, 0.25) is 5.91 Å². The third kappa shape index (κ3) is 5.74. The lowest BCUT2D eigenvalue weighted by Gasteiger charge is -2.23. The Balaban J connectivity index is 0.000000154. The fraction of sp³-hybridized carbons (Fsp3) is 0.162. The van der Waals surface area contributed by atoms with Gasteiger partial charge in [-0.2, -0.15) is 0 Å². The van der Waals surface area contributed by atoms with Gasteiger partial charge in [-0.05, 0) is 44.3 Å². The first kappa shape index (κ1) is 31.0. The number of benzene rings is 3.